The van der Waals surface area contributed by atoms with E-state index in [4.69, 9.17) is 0 Å². The second kappa shape index (κ2) is 6.68. The number of carbonyl (C=O) groups is 1. The number of benzene rings is 1. The standard InChI is InChI=1S/C15H23N3O/c1-12-3-5-14(6-4-12)17-15(19)11-13(2)18-9-7-16-8-10-18/h3-6,13,16H,7-11H2,1-2H3,(H,17,19). The van der Waals surface area contributed by atoms with Crippen molar-refractivity contribution >= 4 is 11.6 Å². The minimum Gasteiger partial charge on any atom is -0.326 e. The van der Waals surface area contributed by atoms with Crippen LogP contribution >= 0.6 is 0 Å². The largest absolute Gasteiger partial charge is 0.326 e. The lowest BCUT2D eigenvalue weighted by atomic mass is 10.1. The Hall–Kier alpha value is -1.39. The van der Waals surface area contributed by atoms with E-state index in [0.29, 0.717) is 12.5 Å². The molecule has 1 aromatic rings. The number of hydrogen-bond acceptors (Lipinski definition) is 3. The van der Waals surface area contributed by atoms with E-state index in [1.54, 1.807) is 0 Å². The Kier molecular flexibility index (Phi) is 4.93. The summed E-state index contributed by atoms with van der Waals surface area (Å²) in [6.07, 6.45) is 0.549. The molecule has 1 unspecified atom stereocenters. The van der Waals surface area contributed by atoms with E-state index < -0.39 is 0 Å². The molecule has 1 amide bonds. The Bertz CT molecular complexity index is 410. The van der Waals surface area contributed by atoms with Crippen molar-refractivity contribution in [1.29, 1.82) is 0 Å². The van der Waals surface area contributed by atoms with Gasteiger partial charge in [0.2, 0.25) is 5.91 Å². The summed E-state index contributed by atoms with van der Waals surface area (Å²) in [6, 6.07) is 8.21. The number of piperazine rings is 1. The quantitative estimate of drug-likeness (QED) is 0.865. The van der Waals surface area contributed by atoms with E-state index >= 15 is 0 Å². The van der Waals surface area contributed by atoms with E-state index in [-0.39, 0.29) is 5.91 Å². The van der Waals surface area contributed by atoms with Crippen molar-refractivity contribution in [1.82, 2.24) is 10.2 Å². The summed E-state index contributed by atoms with van der Waals surface area (Å²) in [5, 5.41) is 6.28. The highest BCUT2D eigenvalue weighted by Gasteiger charge is 2.18. The van der Waals surface area contributed by atoms with E-state index in [1.165, 1.54) is 5.56 Å². The molecule has 0 aliphatic carbocycles. The predicted octanol–water partition coefficient (Wildman–Crippen LogP) is 1.62. The molecule has 1 saturated heterocycles. The summed E-state index contributed by atoms with van der Waals surface area (Å²) in [5.41, 5.74) is 2.08. The van der Waals surface area contributed by atoms with E-state index in [2.05, 4.69) is 22.5 Å². The predicted molar refractivity (Wildman–Crippen MR) is 78.3 cm³/mol. The summed E-state index contributed by atoms with van der Waals surface area (Å²) in [5.74, 6) is 0.0925. The summed E-state index contributed by atoms with van der Waals surface area (Å²) in [4.78, 5) is 14.4. The van der Waals surface area contributed by atoms with Crippen LogP contribution in [0.4, 0.5) is 5.69 Å². The second-order valence-corrected chi connectivity index (χ2v) is 5.25. The zero-order valence-corrected chi connectivity index (χ0v) is 11.8. The first-order chi connectivity index (χ1) is 9.15. The molecule has 4 nitrogen and oxygen atoms in total. The third-order valence-electron chi connectivity index (χ3n) is 3.59. The molecule has 0 aromatic heterocycles. The molecule has 4 heteroatoms. The van der Waals surface area contributed by atoms with Crippen LogP contribution in [-0.4, -0.2) is 43.0 Å². The molecular weight excluding hydrogens is 238 g/mol. The summed E-state index contributed by atoms with van der Waals surface area (Å²) in [7, 11) is 0. The van der Waals surface area contributed by atoms with Gasteiger partial charge in [-0.1, -0.05) is 17.7 Å². The third kappa shape index (κ3) is 4.33. The molecule has 1 atom stereocenters. The molecule has 1 fully saturated rings. The number of nitrogens with one attached hydrogen (secondary N) is 2. The first kappa shape index (κ1) is 14.0. The SMILES string of the molecule is Cc1ccc(NC(=O)CC(C)N2CCNCC2)cc1. The number of nitrogens with zero attached hydrogens (tertiary/aromatic N) is 1. The minimum atomic E-state index is 0.0925. The van der Waals surface area contributed by atoms with Crippen LogP contribution in [0.25, 0.3) is 0 Å². The Morgan fingerprint density at radius 1 is 1.32 bits per heavy atom. The Balaban J connectivity index is 1.81. The zero-order chi connectivity index (χ0) is 13.7. The number of hydrogen-bond donors (Lipinski definition) is 2. The van der Waals surface area contributed by atoms with Gasteiger partial charge in [-0.05, 0) is 26.0 Å². The van der Waals surface area contributed by atoms with Crippen LogP contribution in [0.1, 0.15) is 18.9 Å². The summed E-state index contributed by atoms with van der Waals surface area (Å²) >= 11 is 0. The number of carbonyl (C=O) groups excluding carboxylic acids is 1. The van der Waals surface area contributed by atoms with Crippen LogP contribution < -0.4 is 10.6 Å². The molecule has 0 spiro atoms. The van der Waals surface area contributed by atoms with Gasteiger partial charge in [0.1, 0.15) is 0 Å². The number of aryl methyl sites for hydroxylation is 1. The van der Waals surface area contributed by atoms with Gasteiger partial charge in [-0.3, -0.25) is 9.69 Å². The van der Waals surface area contributed by atoms with Crippen LogP contribution in [-0.2, 0) is 4.79 Å². The molecule has 19 heavy (non-hydrogen) atoms. The zero-order valence-electron chi connectivity index (χ0n) is 11.8. The summed E-state index contributed by atoms with van der Waals surface area (Å²) in [6.45, 7) is 8.25. The monoisotopic (exact) mass is 261 g/mol. The minimum absolute atomic E-state index is 0.0925. The van der Waals surface area contributed by atoms with Gasteiger partial charge >= 0.3 is 0 Å². The molecule has 1 aliphatic heterocycles. The normalized spacial score (nSPS) is 18.0. The lowest BCUT2D eigenvalue weighted by molar-refractivity contribution is -0.117. The number of amides is 1. The smallest absolute Gasteiger partial charge is 0.225 e. The molecule has 1 aromatic carbocycles. The van der Waals surface area contributed by atoms with Crippen molar-refractivity contribution in [2.75, 3.05) is 31.5 Å². The van der Waals surface area contributed by atoms with E-state index in [0.717, 1.165) is 31.9 Å². The van der Waals surface area contributed by atoms with E-state index in [9.17, 15) is 4.79 Å². The van der Waals surface area contributed by atoms with Crippen molar-refractivity contribution in [3.05, 3.63) is 29.8 Å². The highest BCUT2D eigenvalue weighted by molar-refractivity contribution is 5.91. The van der Waals surface area contributed by atoms with E-state index in [1.807, 2.05) is 31.2 Å². The lowest BCUT2D eigenvalue weighted by Gasteiger charge is -2.32. The molecule has 0 radical (unpaired) electrons. The van der Waals surface area contributed by atoms with Crippen LogP contribution in [0, 0.1) is 6.92 Å². The maximum Gasteiger partial charge on any atom is 0.225 e. The second-order valence-electron chi connectivity index (χ2n) is 5.25. The Labute approximate surface area is 115 Å². The van der Waals surface area contributed by atoms with Gasteiger partial charge in [0.15, 0.2) is 0 Å². The maximum absolute atomic E-state index is 12.0. The van der Waals surface area contributed by atoms with Gasteiger partial charge in [-0.25, -0.2) is 0 Å². The topological polar surface area (TPSA) is 44.4 Å². The summed E-state index contributed by atoms with van der Waals surface area (Å²) < 4.78 is 0. The first-order valence-corrected chi connectivity index (χ1v) is 6.96. The fraction of sp³-hybridized carbons (Fsp3) is 0.533. The highest BCUT2D eigenvalue weighted by atomic mass is 16.1. The van der Waals surface area contributed by atoms with Crippen molar-refractivity contribution in [2.45, 2.75) is 26.3 Å². The molecular formula is C15H23N3O. The van der Waals surface area contributed by atoms with Crippen molar-refractivity contribution in [3.63, 3.8) is 0 Å². The third-order valence-corrected chi connectivity index (χ3v) is 3.59. The van der Waals surface area contributed by atoms with Gasteiger partial charge in [-0.2, -0.15) is 0 Å². The molecule has 1 heterocycles. The highest BCUT2D eigenvalue weighted by Crippen LogP contribution is 2.11. The van der Waals surface area contributed by atoms with Gasteiger partial charge in [0.05, 0.1) is 0 Å². The van der Waals surface area contributed by atoms with Crippen LogP contribution in [0.15, 0.2) is 24.3 Å². The molecule has 2 N–H and O–H groups in total. The number of anilines is 1. The van der Waals surface area contributed by atoms with Crippen molar-refractivity contribution in [3.8, 4) is 0 Å². The number of rotatable bonds is 4. The Morgan fingerprint density at radius 3 is 2.58 bits per heavy atom. The van der Waals surface area contributed by atoms with Gasteiger partial charge in [0.25, 0.3) is 0 Å². The maximum atomic E-state index is 12.0. The average Bonchev–Trinajstić information content (AvgIpc) is 2.42. The van der Waals surface area contributed by atoms with Gasteiger partial charge in [0, 0.05) is 44.3 Å². The van der Waals surface area contributed by atoms with Crippen molar-refractivity contribution in [2.24, 2.45) is 0 Å². The first-order valence-electron chi connectivity index (χ1n) is 6.96. The van der Waals surface area contributed by atoms with Gasteiger partial charge < -0.3 is 10.6 Å². The lowest BCUT2D eigenvalue weighted by Crippen LogP contribution is -2.48. The average molecular weight is 261 g/mol. The van der Waals surface area contributed by atoms with Crippen LogP contribution in [0.2, 0.25) is 0 Å². The molecule has 1 aliphatic rings. The van der Waals surface area contributed by atoms with Gasteiger partial charge in [-0.15, -0.1) is 0 Å². The molecule has 0 bridgehead atoms. The molecule has 2 rings (SSSR count). The molecule has 104 valence electrons. The van der Waals surface area contributed by atoms with Crippen LogP contribution in [0.3, 0.4) is 0 Å². The van der Waals surface area contributed by atoms with Crippen LogP contribution in [0.5, 0.6) is 0 Å². The van der Waals surface area contributed by atoms with Crippen molar-refractivity contribution < 1.29 is 4.79 Å². The molecule has 0 saturated carbocycles. The Morgan fingerprint density at radius 2 is 1.95 bits per heavy atom. The fourth-order valence-electron chi connectivity index (χ4n) is 2.37. The fourth-order valence-corrected chi connectivity index (χ4v) is 2.37.